The first kappa shape index (κ1) is 11.6. The van der Waals surface area contributed by atoms with E-state index in [9.17, 15) is 8.42 Å². The predicted molar refractivity (Wildman–Crippen MR) is 65.0 cm³/mol. The van der Waals surface area contributed by atoms with Crippen LogP contribution in [0.25, 0.3) is 0 Å². The van der Waals surface area contributed by atoms with Crippen molar-refractivity contribution in [1.82, 2.24) is 4.31 Å². The van der Waals surface area contributed by atoms with Gasteiger partial charge in [0.25, 0.3) is 10.0 Å². The van der Waals surface area contributed by atoms with E-state index in [0.29, 0.717) is 10.8 Å². The third-order valence-electron chi connectivity index (χ3n) is 2.56. The molecule has 1 aromatic heterocycles. The zero-order valence-corrected chi connectivity index (χ0v) is 11.3. The Morgan fingerprint density at radius 3 is 3.00 bits per heavy atom. The maximum Gasteiger partial charge on any atom is 0.252 e. The minimum Gasteiger partial charge on any atom is -0.206 e. The molecular formula is C9H12BrNO2S2. The molecule has 0 amide bonds. The van der Waals surface area contributed by atoms with Gasteiger partial charge < -0.3 is 0 Å². The maximum atomic E-state index is 12.2. The van der Waals surface area contributed by atoms with Crippen molar-refractivity contribution in [3.63, 3.8) is 0 Å². The lowest BCUT2D eigenvalue weighted by Crippen LogP contribution is -2.35. The number of thiophene rings is 1. The summed E-state index contributed by atoms with van der Waals surface area (Å²) < 4.78 is 26.4. The zero-order valence-electron chi connectivity index (χ0n) is 8.10. The molecule has 0 aromatic carbocycles. The van der Waals surface area contributed by atoms with Crippen LogP contribution < -0.4 is 0 Å². The van der Waals surface area contributed by atoms with Gasteiger partial charge in [0.05, 0.1) is 0 Å². The molecule has 0 saturated carbocycles. The Morgan fingerprint density at radius 2 is 2.40 bits per heavy atom. The lowest BCUT2D eigenvalue weighted by molar-refractivity contribution is 0.415. The van der Waals surface area contributed by atoms with E-state index in [-0.39, 0.29) is 6.04 Å². The smallest absolute Gasteiger partial charge is 0.206 e. The monoisotopic (exact) mass is 309 g/mol. The van der Waals surface area contributed by atoms with Gasteiger partial charge in [0, 0.05) is 17.9 Å². The van der Waals surface area contributed by atoms with Crippen LogP contribution in [-0.4, -0.2) is 30.6 Å². The largest absolute Gasteiger partial charge is 0.252 e. The molecule has 0 bridgehead atoms. The van der Waals surface area contributed by atoms with Gasteiger partial charge in [-0.25, -0.2) is 8.42 Å². The molecule has 1 saturated heterocycles. The Kier molecular flexibility index (Phi) is 3.49. The van der Waals surface area contributed by atoms with Crippen molar-refractivity contribution in [1.29, 1.82) is 0 Å². The summed E-state index contributed by atoms with van der Waals surface area (Å²) in [5.41, 5.74) is 0. The van der Waals surface area contributed by atoms with Crippen molar-refractivity contribution in [2.45, 2.75) is 23.1 Å². The lowest BCUT2D eigenvalue weighted by atomic mass is 10.3. The van der Waals surface area contributed by atoms with E-state index in [0.717, 1.165) is 18.2 Å². The molecule has 3 nitrogen and oxygen atoms in total. The molecule has 2 rings (SSSR count). The second-order valence-corrected chi connectivity index (χ2v) is 7.21. The van der Waals surface area contributed by atoms with Gasteiger partial charge in [-0.1, -0.05) is 22.0 Å². The Balaban J connectivity index is 2.30. The molecule has 1 atom stereocenters. The molecule has 0 N–H and O–H groups in total. The van der Waals surface area contributed by atoms with Crippen LogP contribution in [0, 0.1) is 0 Å². The summed E-state index contributed by atoms with van der Waals surface area (Å²) in [6.45, 7) is 0.649. The van der Waals surface area contributed by atoms with Gasteiger partial charge >= 0.3 is 0 Å². The average molecular weight is 310 g/mol. The third-order valence-corrected chi connectivity index (χ3v) is 6.63. The summed E-state index contributed by atoms with van der Waals surface area (Å²) in [4.78, 5) is 0. The lowest BCUT2D eigenvalue weighted by Gasteiger charge is -2.21. The van der Waals surface area contributed by atoms with Crippen molar-refractivity contribution in [3.05, 3.63) is 17.5 Å². The highest BCUT2D eigenvalue weighted by Crippen LogP contribution is 2.28. The van der Waals surface area contributed by atoms with E-state index in [4.69, 9.17) is 0 Å². The maximum absolute atomic E-state index is 12.2. The van der Waals surface area contributed by atoms with Gasteiger partial charge in [-0.3, -0.25) is 0 Å². The van der Waals surface area contributed by atoms with Crippen LogP contribution in [0.2, 0.25) is 0 Å². The third kappa shape index (κ3) is 2.13. The van der Waals surface area contributed by atoms with E-state index >= 15 is 0 Å². The Morgan fingerprint density at radius 1 is 1.60 bits per heavy atom. The van der Waals surface area contributed by atoms with Gasteiger partial charge in [-0.2, -0.15) is 4.31 Å². The average Bonchev–Trinajstić information content (AvgIpc) is 2.89. The molecule has 1 aromatic rings. The summed E-state index contributed by atoms with van der Waals surface area (Å²) in [5.74, 6) is 0. The summed E-state index contributed by atoms with van der Waals surface area (Å²) >= 11 is 4.65. The number of hydrogen-bond acceptors (Lipinski definition) is 3. The molecule has 0 unspecified atom stereocenters. The van der Waals surface area contributed by atoms with E-state index in [1.807, 2.05) is 0 Å². The summed E-state index contributed by atoms with van der Waals surface area (Å²) in [6, 6.07) is 3.57. The number of alkyl halides is 1. The Labute approximate surface area is 102 Å². The number of nitrogens with zero attached hydrogens (tertiary/aromatic N) is 1. The van der Waals surface area contributed by atoms with Crippen molar-refractivity contribution >= 4 is 37.3 Å². The van der Waals surface area contributed by atoms with Crippen LogP contribution in [0.15, 0.2) is 21.7 Å². The van der Waals surface area contributed by atoms with Gasteiger partial charge in [0.2, 0.25) is 0 Å². The molecule has 1 aliphatic rings. The van der Waals surface area contributed by atoms with Crippen molar-refractivity contribution in [2.75, 3.05) is 11.9 Å². The minimum atomic E-state index is -3.23. The normalized spacial score (nSPS) is 23.4. The fourth-order valence-corrected chi connectivity index (χ4v) is 5.48. The number of halogens is 1. The molecule has 0 aliphatic carbocycles. The fraction of sp³-hybridized carbons (Fsp3) is 0.556. The van der Waals surface area contributed by atoms with E-state index in [2.05, 4.69) is 15.9 Å². The molecule has 2 heterocycles. The van der Waals surface area contributed by atoms with Crippen molar-refractivity contribution in [2.24, 2.45) is 0 Å². The molecule has 6 heteroatoms. The van der Waals surface area contributed by atoms with Crippen LogP contribution in [0.5, 0.6) is 0 Å². The first-order chi connectivity index (χ1) is 7.16. The summed E-state index contributed by atoms with van der Waals surface area (Å²) in [7, 11) is -3.23. The summed E-state index contributed by atoms with van der Waals surface area (Å²) in [6.07, 6.45) is 1.91. The van der Waals surface area contributed by atoms with Crippen LogP contribution in [-0.2, 0) is 10.0 Å². The highest BCUT2D eigenvalue weighted by atomic mass is 79.9. The van der Waals surface area contributed by atoms with Crippen LogP contribution in [0.1, 0.15) is 12.8 Å². The molecule has 84 valence electrons. The van der Waals surface area contributed by atoms with Crippen molar-refractivity contribution in [3.8, 4) is 0 Å². The fourth-order valence-electron chi connectivity index (χ4n) is 1.81. The van der Waals surface area contributed by atoms with Gasteiger partial charge in [0.1, 0.15) is 4.21 Å². The molecular weight excluding hydrogens is 298 g/mol. The zero-order chi connectivity index (χ0) is 10.9. The predicted octanol–water partition coefficient (Wildman–Crippen LogP) is 2.30. The highest BCUT2D eigenvalue weighted by Gasteiger charge is 2.34. The second kappa shape index (κ2) is 4.53. The first-order valence-electron chi connectivity index (χ1n) is 4.77. The highest BCUT2D eigenvalue weighted by molar-refractivity contribution is 9.09. The van der Waals surface area contributed by atoms with Gasteiger partial charge in [-0.05, 0) is 24.3 Å². The van der Waals surface area contributed by atoms with E-state index in [1.54, 1.807) is 21.8 Å². The molecule has 1 fully saturated rings. The van der Waals surface area contributed by atoms with Crippen LogP contribution in [0.4, 0.5) is 0 Å². The minimum absolute atomic E-state index is 0.122. The van der Waals surface area contributed by atoms with Crippen LogP contribution in [0.3, 0.4) is 0 Å². The first-order valence-corrected chi connectivity index (χ1v) is 8.21. The number of rotatable bonds is 3. The molecule has 1 aliphatic heterocycles. The Hall–Kier alpha value is 0.0900. The summed E-state index contributed by atoms with van der Waals surface area (Å²) in [5, 5.41) is 2.52. The quantitative estimate of drug-likeness (QED) is 0.803. The van der Waals surface area contributed by atoms with Crippen LogP contribution >= 0.6 is 27.3 Å². The second-order valence-electron chi connectivity index (χ2n) is 3.50. The molecule has 15 heavy (non-hydrogen) atoms. The standard InChI is InChI=1S/C9H12BrNO2S2/c10-7-8-3-1-5-11(8)15(12,13)9-4-2-6-14-9/h2,4,6,8H,1,3,5,7H2/t8-/m0/s1. The number of sulfonamides is 1. The molecule has 0 radical (unpaired) electrons. The van der Waals surface area contributed by atoms with E-state index in [1.165, 1.54) is 11.3 Å². The Bertz CT molecular complexity index is 415. The van der Waals surface area contributed by atoms with Gasteiger partial charge in [-0.15, -0.1) is 11.3 Å². The molecule has 0 spiro atoms. The number of hydrogen-bond donors (Lipinski definition) is 0. The van der Waals surface area contributed by atoms with Gasteiger partial charge in [0.15, 0.2) is 0 Å². The van der Waals surface area contributed by atoms with Crippen molar-refractivity contribution < 1.29 is 8.42 Å². The SMILES string of the molecule is O=S(=O)(c1cccs1)N1CCC[C@H]1CBr. The van der Waals surface area contributed by atoms with E-state index < -0.39 is 10.0 Å². The topological polar surface area (TPSA) is 37.4 Å².